The fraction of sp³-hybridized carbons (Fsp3) is 0.261. The van der Waals surface area contributed by atoms with Gasteiger partial charge in [-0.3, -0.25) is 9.97 Å². The van der Waals surface area contributed by atoms with Crippen molar-refractivity contribution in [3.05, 3.63) is 78.5 Å². The number of piperidine rings is 1. The zero-order valence-electron chi connectivity index (χ0n) is 18.5. The fourth-order valence-electron chi connectivity index (χ4n) is 4.50. The Balaban J connectivity index is 1.14. The van der Waals surface area contributed by atoms with Crippen molar-refractivity contribution < 1.29 is 8.78 Å². The molecule has 0 unspecified atom stereocenters. The molecule has 6 rings (SSSR count). The molecule has 5 heterocycles. The number of nitrogens with zero attached hydrogens (tertiary/aromatic N) is 10. The van der Waals surface area contributed by atoms with Gasteiger partial charge in [0.25, 0.3) is 0 Å². The molecule has 1 aliphatic heterocycles. The number of rotatable bonds is 5. The van der Waals surface area contributed by atoms with Crippen LogP contribution in [0.5, 0.6) is 0 Å². The number of hydrogen-bond acceptors (Lipinski definition) is 8. The average molecular weight is 474 g/mol. The van der Waals surface area contributed by atoms with E-state index in [1.54, 1.807) is 6.20 Å². The minimum Gasteiger partial charge on any atom is -0.341 e. The second-order valence-corrected chi connectivity index (χ2v) is 8.46. The third-order valence-corrected chi connectivity index (χ3v) is 6.27. The van der Waals surface area contributed by atoms with Crippen molar-refractivity contribution in [1.82, 2.24) is 44.7 Å². The second kappa shape index (κ2) is 8.78. The lowest BCUT2D eigenvalue weighted by molar-refractivity contribution is 0.487. The van der Waals surface area contributed by atoms with E-state index in [9.17, 15) is 8.78 Å². The summed E-state index contributed by atoms with van der Waals surface area (Å²) in [7, 11) is 0. The van der Waals surface area contributed by atoms with Gasteiger partial charge in [0, 0.05) is 42.9 Å². The normalized spacial score (nSPS) is 14.6. The molecule has 1 fully saturated rings. The molecule has 0 radical (unpaired) electrons. The number of aromatic nitrogens is 9. The van der Waals surface area contributed by atoms with E-state index in [2.05, 4.69) is 35.5 Å². The SMILES string of the molecule is Fc1cnc(N2CCC(c3cnc(Cn4ccc5cc(-n6cnnn6)cc(F)c54)cn3)CC2)nc1. The first-order valence-corrected chi connectivity index (χ1v) is 11.2. The molecule has 0 amide bonds. The minimum atomic E-state index is -0.441. The van der Waals surface area contributed by atoms with Gasteiger partial charge in [-0.15, -0.1) is 5.10 Å². The molecule has 0 spiro atoms. The number of anilines is 1. The lowest BCUT2D eigenvalue weighted by Gasteiger charge is -2.31. The van der Waals surface area contributed by atoms with E-state index >= 15 is 0 Å². The molecule has 0 aliphatic carbocycles. The van der Waals surface area contributed by atoms with Gasteiger partial charge in [-0.25, -0.2) is 23.4 Å². The quantitative estimate of drug-likeness (QED) is 0.383. The Morgan fingerprint density at radius 2 is 1.77 bits per heavy atom. The predicted octanol–water partition coefficient (Wildman–Crippen LogP) is 2.91. The summed E-state index contributed by atoms with van der Waals surface area (Å²) in [5, 5.41) is 11.8. The molecule has 5 aromatic rings. The Hall–Kier alpha value is -4.35. The lowest BCUT2D eigenvalue weighted by atomic mass is 9.94. The topological polar surface area (TPSA) is 103 Å². The monoisotopic (exact) mass is 474 g/mol. The maximum atomic E-state index is 14.9. The molecule has 1 saturated heterocycles. The van der Waals surface area contributed by atoms with Crippen LogP contribution in [0.2, 0.25) is 0 Å². The van der Waals surface area contributed by atoms with Crippen LogP contribution in [0.4, 0.5) is 14.7 Å². The fourth-order valence-corrected chi connectivity index (χ4v) is 4.50. The molecule has 12 heteroatoms. The van der Waals surface area contributed by atoms with Gasteiger partial charge < -0.3 is 9.47 Å². The number of tetrazole rings is 1. The van der Waals surface area contributed by atoms with Crippen molar-refractivity contribution >= 4 is 16.9 Å². The summed E-state index contributed by atoms with van der Waals surface area (Å²) in [5.41, 5.74) is 2.72. The molecule has 0 bridgehead atoms. The number of halogens is 2. The summed E-state index contributed by atoms with van der Waals surface area (Å²) in [6.07, 6.45) is 11.0. The van der Waals surface area contributed by atoms with Crippen molar-refractivity contribution in [1.29, 1.82) is 0 Å². The molecule has 176 valence electrons. The zero-order valence-corrected chi connectivity index (χ0v) is 18.5. The van der Waals surface area contributed by atoms with Crippen LogP contribution < -0.4 is 4.90 Å². The van der Waals surface area contributed by atoms with Crippen LogP contribution in [0.15, 0.2) is 55.5 Å². The molecule has 1 aromatic carbocycles. The molecule has 1 aliphatic rings. The van der Waals surface area contributed by atoms with Crippen LogP contribution in [0.25, 0.3) is 16.6 Å². The van der Waals surface area contributed by atoms with E-state index in [0.717, 1.165) is 42.7 Å². The molecule has 0 N–H and O–H groups in total. The van der Waals surface area contributed by atoms with Gasteiger partial charge in [0.05, 0.1) is 47.7 Å². The van der Waals surface area contributed by atoms with E-state index in [4.69, 9.17) is 0 Å². The van der Waals surface area contributed by atoms with Crippen LogP contribution >= 0.6 is 0 Å². The van der Waals surface area contributed by atoms with Crippen molar-refractivity contribution in [3.8, 4) is 5.69 Å². The highest BCUT2D eigenvalue weighted by atomic mass is 19.1. The molecule has 10 nitrogen and oxygen atoms in total. The first-order valence-electron chi connectivity index (χ1n) is 11.2. The van der Waals surface area contributed by atoms with Crippen LogP contribution in [0.1, 0.15) is 30.1 Å². The summed E-state index contributed by atoms with van der Waals surface area (Å²) in [4.78, 5) is 19.4. The third-order valence-electron chi connectivity index (χ3n) is 6.27. The number of fused-ring (bicyclic) bond motifs is 1. The van der Waals surface area contributed by atoms with Gasteiger partial charge in [-0.05, 0) is 35.4 Å². The van der Waals surface area contributed by atoms with Crippen molar-refractivity contribution in [2.24, 2.45) is 0 Å². The Morgan fingerprint density at radius 3 is 2.49 bits per heavy atom. The molecular weight excluding hydrogens is 454 g/mol. The first kappa shape index (κ1) is 21.2. The highest BCUT2D eigenvalue weighted by Gasteiger charge is 2.23. The van der Waals surface area contributed by atoms with E-state index < -0.39 is 5.82 Å². The van der Waals surface area contributed by atoms with Gasteiger partial charge in [0.15, 0.2) is 5.82 Å². The summed E-state index contributed by atoms with van der Waals surface area (Å²) in [6.45, 7) is 1.93. The number of benzene rings is 1. The van der Waals surface area contributed by atoms with Gasteiger partial charge in [-0.1, -0.05) is 0 Å². The van der Waals surface area contributed by atoms with E-state index in [1.807, 2.05) is 34.0 Å². The Morgan fingerprint density at radius 1 is 0.943 bits per heavy atom. The van der Waals surface area contributed by atoms with Gasteiger partial charge in [0.2, 0.25) is 5.95 Å². The molecular formula is C23H20F2N10. The third kappa shape index (κ3) is 4.18. The smallest absolute Gasteiger partial charge is 0.225 e. The largest absolute Gasteiger partial charge is 0.341 e. The molecule has 35 heavy (non-hydrogen) atoms. The average Bonchev–Trinajstić information content (AvgIpc) is 3.56. The van der Waals surface area contributed by atoms with Crippen molar-refractivity contribution in [3.63, 3.8) is 0 Å². The van der Waals surface area contributed by atoms with E-state index in [1.165, 1.54) is 29.5 Å². The molecule has 4 aromatic heterocycles. The highest BCUT2D eigenvalue weighted by molar-refractivity contribution is 5.83. The van der Waals surface area contributed by atoms with Crippen LogP contribution in [-0.4, -0.2) is 57.8 Å². The zero-order chi connectivity index (χ0) is 23.8. The summed E-state index contributed by atoms with van der Waals surface area (Å²) < 4.78 is 31.3. The predicted molar refractivity (Wildman–Crippen MR) is 122 cm³/mol. The van der Waals surface area contributed by atoms with Gasteiger partial charge in [-0.2, -0.15) is 0 Å². The Kier molecular flexibility index (Phi) is 5.32. The van der Waals surface area contributed by atoms with Gasteiger partial charge in [0.1, 0.15) is 12.1 Å². The van der Waals surface area contributed by atoms with Crippen molar-refractivity contribution in [2.75, 3.05) is 18.0 Å². The van der Waals surface area contributed by atoms with Crippen LogP contribution in [-0.2, 0) is 6.54 Å². The minimum absolute atomic E-state index is 0.280. The lowest BCUT2D eigenvalue weighted by Crippen LogP contribution is -2.34. The summed E-state index contributed by atoms with van der Waals surface area (Å²) in [6, 6.07) is 5.10. The van der Waals surface area contributed by atoms with E-state index in [0.29, 0.717) is 23.7 Å². The van der Waals surface area contributed by atoms with Crippen LogP contribution in [0.3, 0.4) is 0 Å². The first-order chi connectivity index (χ1) is 17.1. The van der Waals surface area contributed by atoms with E-state index in [-0.39, 0.29) is 11.7 Å². The second-order valence-electron chi connectivity index (χ2n) is 8.46. The standard InChI is InChI=1S/C23H20F2N10/c24-17-9-28-23(29-10-17)33-4-1-15(2-5-33)21-12-26-18(11-27-21)13-34-6-3-16-7-19(8-20(25)22(16)34)35-14-30-31-32-35/h3,6-12,14-15H,1-2,4-5,13H2. The highest BCUT2D eigenvalue weighted by Crippen LogP contribution is 2.28. The number of hydrogen-bond donors (Lipinski definition) is 0. The van der Waals surface area contributed by atoms with Crippen molar-refractivity contribution in [2.45, 2.75) is 25.3 Å². The summed E-state index contributed by atoms with van der Waals surface area (Å²) >= 11 is 0. The summed E-state index contributed by atoms with van der Waals surface area (Å²) in [5.74, 6) is 0.0218. The Labute approximate surface area is 198 Å². The maximum Gasteiger partial charge on any atom is 0.225 e. The molecule has 0 atom stereocenters. The van der Waals surface area contributed by atoms with Crippen LogP contribution in [0, 0.1) is 11.6 Å². The Bertz CT molecular complexity index is 1440. The van der Waals surface area contributed by atoms with Gasteiger partial charge >= 0.3 is 0 Å². The molecule has 0 saturated carbocycles. The maximum absolute atomic E-state index is 14.9.